The van der Waals surface area contributed by atoms with E-state index in [-0.39, 0.29) is 4.90 Å². The average Bonchev–Trinajstić information content (AvgIpc) is 2.86. The number of hydrogen-bond donors (Lipinski definition) is 1. The summed E-state index contributed by atoms with van der Waals surface area (Å²) in [7, 11) is -2.89. The van der Waals surface area contributed by atoms with Crippen molar-refractivity contribution >= 4 is 43.6 Å². The number of methoxy groups -OCH3 is 1. The lowest BCUT2D eigenvalue weighted by Gasteiger charge is -2.07. The highest BCUT2D eigenvalue weighted by Gasteiger charge is 2.14. The Morgan fingerprint density at radius 1 is 0.771 bits per heavy atom. The number of nitrogens with zero attached hydrogens (tertiary/aromatic N) is 4. The number of hydrogen-bond acceptors (Lipinski definition) is 8. The van der Waals surface area contributed by atoms with Gasteiger partial charge in [-0.2, -0.15) is 13.5 Å². The minimum atomic E-state index is -4.42. The fourth-order valence-corrected chi connectivity index (χ4v) is 3.85. The molecule has 35 heavy (non-hydrogen) atoms. The molecule has 0 aromatic heterocycles. The highest BCUT2D eigenvalue weighted by molar-refractivity contribution is 7.85. The Balaban J connectivity index is 1.77. The molecular formula is C25H22N4O5S. The van der Waals surface area contributed by atoms with E-state index < -0.39 is 10.1 Å². The van der Waals surface area contributed by atoms with Crippen LogP contribution in [-0.4, -0.2) is 26.7 Å². The molecule has 0 saturated carbocycles. The lowest BCUT2D eigenvalue weighted by atomic mass is 10.1. The molecule has 178 valence electrons. The van der Waals surface area contributed by atoms with Crippen molar-refractivity contribution in [2.45, 2.75) is 11.8 Å². The van der Waals surface area contributed by atoms with Gasteiger partial charge < -0.3 is 9.47 Å². The molecule has 0 aliphatic carbocycles. The van der Waals surface area contributed by atoms with Gasteiger partial charge in [0, 0.05) is 10.8 Å². The summed E-state index contributed by atoms with van der Waals surface area (Å²) in [5, 5.41) is 18.2. The molecule has 10 heteroatoms. The van der Waals surface area contributed by atoms with Crippen LogP contribution in [-0.2, 0) is 10.1 Å². The molecule has 4 rings (SSSR count). The number of ether oxygens (including phenoxy) is 2. The molecule has 0 fully saturated rings. The monoisotopic (exact) mass is 490 g/mol. The molecule has 0 atom stereocenters. The number of benzene rings is 4. The first-order chi connectivity index (χ1) is 16.9. The van der Waals surface area contributed by atoms with E-state index in [9.17, 15) is 13.0 Å². The Morgan fingerprint density at radius 2 is 1.43 bits per heavy atom. The number of rotatable bonds is 8. The molecule has 0 aliphatic heterocycles. The zero-order chi connectivity index (χ0) is 24.8. The maximum absolute atomic E-state index is 11.8. The Kier molecular flexibility index (Phi) is 7.14. The van der Waals surface area contributed by atoms with E-state index in [1.807, 2.05) is 13.0 Å². The fraction of sp³-hybridized carbons (Fsp3) is 0.120. The van der Waals surface area contributed by atoms with Gasteiger partial charge in [-0.05, 0) is 67.6 Å². The molecule has 0 spiro atoms. The van der Waals surface area contributed by atoms with Crippen LogP contribution in [0.3, 0.4) is 0 Å². The van der Waals surface area contributed by atoms with Crippen LogP contribution in [0, 0.1) is 0 Å². The van der Waals surface area contributed by atoms with Crippen LogP contribution in [0.4, 0.5) is 22.7 Å². The van der Waals surface area contributed by atoms with Gasteiger partial charge >= 0.3 is 0 Å². The van der Waals surface area contributed by atoms with E-state index in [0.717, 1.165) is 5.75 Å². The SMILES string of the molecule is CCOc1ccc(N=Nc2ccc(N=Nc3ccccc3OC)c3cc(S(=O)(=O)O)ccc23)cc1. The normalized spacial score (nSPS) is 12.0. The molecular weight excluding hydrogens is 468 g/mol. The Bertz CT molecular complexity index is 1520. The molecule has 1 N–H and O–H groups in total. The van der Waals surface area contributed by atoms with Gasteiger partial charge in [0.1, 0.15) is 17.2 Å². The predicted molar refractivity (Wildman–Crippen MR) is 133 cm³/mol. The molecule has 0 aliphatic rings. The lowest BCUT2D eigenvalue weighted by molar-refractivity contribution is 0.340. The third-order valence-corrected chi connectivity index (χ3v) is 5.86. The van der Waals surface area contributed by atoms with Gasteiger partial charge in [-0.25, -0.2) is 0 Å². The van der Waals surface area contributed by atoms with Gasteiger partial charge in [-0.1, -0.05) is 18.2 Å². The highest BCUT2D eigenvalue weighted by atomic mass is 32.2. The highest BCUT2D eigenvalue weighted by Crippen LogP contribution is 2.37. The zero-order valence-corrected chi connectivity index (χ0v) is 19.8. The standard InChI is InChI=1S/C25H22N4O5S/c1-3-34-18-10-8-17(9-11-18)26-27-22-14-15-23(28-29-24-6-4-5-7-25(24)33-2)21-16-19(35(30,31)32)12-13-20(21)22/h4-16H,3H2,1-2H3,(H,30,31,32). The molecule has 4 aromatic carbocycles. The fourth-order valence-electron chi connectivity index (χ4n) is 3.34. The average molecular weight is 491 g/mol. The largest absolute Gasteiger partial charge is 0.494 e. The number of fused-ring (bicyclic) bond motifs is 1. The van der Waals surface area contributed by atoms with Crippen LogP contribution in [0.25, 0.3) is 10.8 Å². The first-order valence-corrected chi connectivity index (χ1v) is 12.1. The summed E-state index contributed by atoms with van der Waals surface area (Å²) in [4.78, 5) is -0.264. The van der Waals surface area contributed by atoms with Crippen molar-refractivity contribution in [1.82, 2.24) is 0 Å². The molecule has 4 aromatic rings. The van der Waals surface area contributed by atoms with E-state index in [1.165, 1.54) is 19.2 Å². The molecule has 0 bridgehead atoms. The van der Waals surface area contributed by atoms with Gasteiger partial charge in [0.15, 0.2) is 0 Å². The third-order valence-electron chi connectivity index (χ3n) is 5.01. The number of para-hydroxylation sites is 1. The second kappa shape index (κ2) is 10.4. The van der Waals surface area contributed by atoms with Crippen LogP contribution in [0.2, 0.25) is 0 Å². The maximum Gasteiger partial charge on any atom is 0.294 e. The van der Waals surface area contributed by atoms with E-state index in [4.69, 9.17) is 9.47 Å². The Hall–Kier alpha value is -4.15. The maximum atomic E-state index is 11.8. The van der Waals surface area contributed by atoms with E-state index in [0.29, 0.717) is 45.9 Å². The van der Waals surface area contributed by atoms with Crippen LogP contribution in [0.1, 0.15) is 6.92 Å². The van der Waals surface area contributed by atoms with Crippen molar-refractivity contribution in [3.8, 4) is 11.5 Å². The van der Waals surface area contributed by atoms with Gasteiger partial charge in [0.05, 0.1) is 35.7 Å². The van der Waals surface area contributed by atoms with Crippen molar-refractivity contribution in [2.24, 2.45) is 20.5 Å². The second-order valence-corrected chi connectivity index (χ2v) is 8.71. The smallest absolute Gasteiger partial charge is 0.294 e. The van der Waals surface area contributed by atoms with Crippen LogP contribution in [0.5, 0.6) is 11.5 Å². The summed E-state index contributed by atoms with van der Waals surface area (Å²) in [6, 6.07) is 21.8. The van der Waals surface area contributed by atoms with Gasteiger partial charge in [-0.3, -0.25) is 4.55 Å². The van der Waals surface area contributed by atoms with Crippen molar-refractivity contribution in [1.29, 1.82) is 0 Å². The summed E-state index contributed by atoms with van der Waals surface area (Å²) in [5.41, 5.74) is 2.01. The summed E-state index contributed by atoms with van der Waals surface area (Å²) in [6.45, 7) is 2.48. The van der Waals surface area contributed by atoms with Crippen molar-refractivity contribution in [2.75, 3.05) is 13.7 Å². The summed E-state index contributed by atoms with van der Waals surface area (Å²) < 4.78 is 43.8. The van der Waals surface area contributed by atoms with E-state index >= 15 is 0 Å². The Labute approximate surface area is 202 Å². The molecule has 0 radical (unpaired) electrons. The topological polar surface area (TPSA) is 122 Å². The molecule has 0 saturated heterocycles. The summed E-state index contributed by atoms with van der Waals surface area (Å²) >= 11 is 0. The lowest BCUT2D eigenvalue weighted by Crippen LogP contribution is -1.97. The minimum Gasteiger partial charge on any atom is -0.494 e. The molecule has 9 nitrogen and oxygen atoms in total. The Morgan fingerprint density at radius 3 is 2.11 bits per heavy atom. The van der Waals surface area contributed by atoms with Gasteiger partial charge in [-0.15, -0.1) is 15.3 Å². The van der Waals surface area contributed by atoms with Crippen molar-refractivity contribution in [3.63, 3.8) is 0 Å². The van der Waals surface area contributed by atoms with Crippen LogP contribution < -0.4 is 9.47 Å². The summed E-state index contributed by atoms with van der Waals surface area (Å²) in [6.07, 6.45) is 0. The van der Waals surface area contributed by atoms with Crippen LogP contribution >= 0.6 is 0 Å². The summed E-state index contributed by atoms with van der Waals surface area (Å²) in [5.74, 6) is 1.28. The van der Waals surface area contributed by atoms with Crippen LogP contribution in [0.15, 0.2) is 104 Å². The van der Waals surface area contributed by atoms with E-state index in [1.54, 1.807) is 60.7 Å². The predicted octanol–water partition coefficient (Wildman–Crippen LogP) is 7.32. The quantitative estimate of drug-likeness (QED) is 0.205. The molecule has 0 unspecified atom stereocenters. The zero-order valence-electron chi connectivity index (χ0n) is 19.0. The minimum absolute atomic E-state index is 0.264. The van der Waals surface area contributed by atoms with Gasteiger partial charge in [0.25, 0.3) is 10.1 Å². The molecule has 0 heterocycles. The van der Waals surface area contributed by atoms with E-state index in [2.05, 4.69) is 20.5 Å². The first kappa shape index (κ1) is 24.0. The first-order valence-electron chi connectivity index (χ1n) is 10.6. The molecule has 0 amide bonds. The van der Waals surface area contributed by atoms with Crippen molar-refractivity contribution < 1.29 is 22.4 Å². The van der Waals surface area contributed by atoms with Gasteiger partial charge in [0.2, 0.25) is 0 Å². The third kappa shape index (κ3) is 5.68. The van der Waals surface area contributed by atoms with Crippen molar-refractivity contribution in [3.05, 3.63) is 78.9 Å². The second-order valence-electron chi connectivity index (χ2n) is 7.29. The number of azo groups is 2.